The Morgan fingerprint density at radius 3 is 2.30 bits per heavy atom. The van der Waals surface area contributed by atoms with Crippen LogP contribution in [0.15, 0.2) is 18.2 Å². The van der Waals surface area contributed by atoms with E-state index in [1.54, 1.807) is 0 Å². The number of alkyl halides is 3. The molecular formula is C12H14Cl2F4N2. The Bertz CT molecular complexity index is 427. The summed E-state index contributed by atoms with van der Waals surface area (Å²) in [5, 5.41) is 2.77. The Balaban J connectivity index is 0.00000200. The monoisotopic (exact) mass is 332 g/mol. The largest absolute Gasteiger partial charge is 0.408 e. The average molecular weight is 333 g/mol. The molecule has 114 valence electrons. The van der Waals surface area contributed by atoms with E-state index < -0.39 is 23.6 Å². The van der Waals surface area contributed by atoms with Gasteiger partial charge in [0.15, 0.2) is 0 Å². The molecule has 0 radical (unpaired) electrons. The number of hydrogen-bond acceptors (Lipinski definition) is 2. The van der Waals surface area contributed by atoms with Gasteiger partial charge in [-0.3, -0.25) is 4.90 Å². The van der Waals surface area contributed by atoms with Crippen molar-refractivity contribution in [1.29, 1.82) is 0 Å². The second kappa shape index (κ2) is 6.93. The molecule has 2 rings (SSSR count). The summed E-state index contributed by atoms with van der Waals surface area (Å²) in [6.07, 6.45) is -4.57. The van der Waals surface area contributed by atoms with E-state index in [0.29, 0.717) is 13.1 Å². The molecule has 1 fully saturated rings. The highest BCUT2D eigenvalue weighted by Gasteiger charge is 2.47. The van der Waals surface area contributed by atoms with Gasteiger partial charge in [0.25, 0.3) is 0 Å². The van der Waals surface area contributed by atoms with Crippen LogP contribution in [0, 0.1) is 5.82 Å². The Morgan fingerprint density at radius 2 is 1.80 bits per heavy atom. The summed E-state index contributed by atoms with van der Waals surface area (Å²) in [5.41, 5.74) is -0.487. The normalized spacial score (nSPS) is 18.4. The molecule has 0 spiro atoms. The SMILES string of the molecule is Cl.Fc1cccc(Cl)c1[C@H](N1CCNCC1)C(F)(F)F. The lowest BCUT2D eigenvalue weighted by Crippen LogP contribution is -2.49. The van der Waals surface area contributed by atoms with E-state index in [2.05, 4.69) is 5.32 Å². The van der Waals surface area contributed by atoms with Gasteiger partial charge in [-0.1, -0.05) is 17.7 Å². The first kappa shape index (κ1) is 17.5. The van der Waals surface area contributed by atoms with E-state index in [4.69, 9.17) is 11.6 Å². The van der Waals surface area contributed by atoms with Crippen molar-refractivity contribution in [2.45, 2.75) is 12.2 Å². The van der Waals surface area contributed by atoms with Gasteiger partial charge in [0.2, 0.25) is 0 Å². The smallest absolute Gasteiger partial charge is 0.314 e. The predicted octanol–water partition coefficient (Wildman–Crippen LogP) is 3.41. The number of nitrogens with one attached hydrogen (secondary N) is 1. The van der Waals surface area contributed by atoms with Crippen LogP contribution >= 0.6 is 24.0 Å². The van der Waals surface area contributed by atoms with Gasteiger partial charge < -0.3 is 5.32 Å². The summed E-state index contributed by atoms with van der Waals surface area (Å²) in [6.45, 7) is 1.29. The summed E-state index contributed by atoms with van der Waals surface area (Å²) in [5.74, 6) is -0.923. The lowest BCUT2D eigenvalue weighted by Gasteiger charge is -2.36. The van der Waals surface area contributed by atoms with Crippen molar-refractivity contribution in [3.8, 4) is 0 Å². The third-order valence-corrected chi connectivity index (χ3v) is 3.43. The minimum atomic E-state index is -4.57. The van der Waals surface area contributed by atoms with Crippen LogP contribution < -0.4 is 5.32 Å². The first-order valence-corrected chi connectivity index (χ1v) is 6.24. The second-order valence-electron chi connectivity index (χ2n) is 4.37. The van der Waals surface area contributed by atoms with Gasteiger partial charge in [-0.2, -0.15) is 13.2 Å². The molecule has 1 aromatic rings. The van der Waals surface area contributed by atoms with Gasteiger partial charge in [-0.25, -0.2) is 4.39 Å². The van der Waals surface area contributed by atoms with Crippen molar-refractivity contribution >= 4 is 24.0 Å². The molecule has 20 heavy (non-hydrogen) atoms. The highest BCUT2D eigenvalue weighted by Crippen LogP contribution is 2.41. The topological polar surface area (TPSA) is 15.3 Å². The van der Waals surface area contributed by atoms with Crippen LogP contribution in [-0.4, -0.2) is 37.3 Å². The standard InChI is InChI=1S/C12H13ClF4N2.ClH/c13-8-2-1-3-9(14)10(8)11(12(15,16)17)19-6-4-18-5-7-19;/h1-3,11,18H,4-7H2;1H/t11-;/m0./s1. The van der Waals surface area contributed by atoms with Gasteiger partial charge in [-0.05, 0) is 12.1 Å². The number of nitrogens with zero attached hydrogens (tertiary/aromatic N) is 1. The van der Waals surface area contributed by atoms with Crippen LogP contribution in [0.25, 0.3) is 0 Å². The zero-order valence-corrected chi connectivity index (χ0v) is 12.0. The summed E-state index contributed by atoms with van der Waals surface area (Å²) in [6, 6.07) is 1.58. The molecule has 1 heterocycles. The van der Waals surface area contributed by atoms with Gasteiger partial charge in [0, 0.05) is 36.8 Å². The second-order valence-corrected chi connectivity index (χ2v) is 4.77. The van der Waals surface area contributed by atoms with Crippen LogP contribution in [-0.2, 0) is 0 Å². The zero-order chi connectivity index (χ0) is 14.0. The molecule has 0 unspecified atom stereocenters. The minimum Gasteiger partial charge on any atom is -0.314 e. The highest BCUT2D eigenvalue weighted by molar-refractivity contribution is 6.31. The number of hydrogen-bond donors (Lipinski definition) is 1. The van der Waals surface area contributed by atoms with Crippen LogP contribution in [0.3, 0.4) is 0 Å². The molecule has 8 heteroatoms. The maximum Gasteiger partial charge on any atom is 0.408 e. The molecule has 0 saturated carbocycles. The maximum absolute atomic E-state index is 13.8. The molecule has 1 saturated heterocycles. The van der Waals surface area contributed by atoms with Crippen molar-refractivity contribution < 1.29 is 17.6 Å². The molecular weight excluding hydrogens is 319 g/mol. The lowest BCUT2D eigenvalue weighted by atomic mass is 10.0. The van der Waals surface area contributed by atoms with Crippen molar-refractivity contribution in [3.05, 3.63) is 34.6 Å². The van der Waals surface area contributed by atoms with Crippen LogP contribution in [0.5, 0.6) is 0 Å². The van der Waals surface area contributed by atoms with E-state index >= 15 is 0 Å². The van der Waals surface area contributed by atoms with E-state index in [1.807, 2.05) is 0 Å². The number of benzene rings is 1. The number of piperazine rings is 1. The molecule has 0 aliphatic carbocycles. The van der Waals surface area contributed by atoms with Crippen LogP contribution in [0.2, 0.25) is 5.02 Å². The minimum absolute atomic E-state index is 0. The Morgan fingerprint density at radius 1 is 1.20 bits per heavy atom. The predicted molar refractivity (Wildman–Crippen MR) is 71.9 cm³/mol. The first-order chi connectivity index (χ1) is 8.91. The summed E-state index contributed by atoms with van der Waals surface area (Å²) in [7, 11) is 0. The molecule has 2 nitrogen and oxygen atoms in total. The van der Waals surface area contributed by atoms with E-state index in [9.17, 15) is 17.6 Å². The average Bonchev–Trinajstić information content (AvgIpc) is 2.33. The third-order valence-electron chi connectivity index (χ3n) is 3.10. The molecule has 1 atom stereocenters. The fraction of sp³-hybridized carbons (Fsp3) is 0.500. The summed E-state index contributed by atoms with van der Waals surface area (Å²) >= 11 is 5.77. The van der Waals surface area contributed by atoms with Crippen LogP contribution in [0.4, 0.5) is 17.6 Å². The summed E-state index contributed by atoms with van der Waals surface area (Å²) < 4.78 is 53.5. The highest BCUT2D eigenvalue weighted by atomic mass is 35.5. The van der Waals surface area contributed by atoms with Crippen molar-refractivity contribution in [2.75, 3.05) is 26.2 Å². The van der Waals surface area contributed by atoms with Crippen molar-refractivity contribution in [3.63, 3.8) is 0 Å². The maximum atomic E-state index is 13.8. The van der Waals surface area contributed by atoms with Gasteiger partial charge in [0.1, 0.15) is 11.9 Å². The molecule has 1 aliphatic rings. The van der Waals surface area contributed by atoms with E-state index in [1.165, 1.54) is 17.0 Å². The number of rotatable bonds is 2. The van der Waals surface area contributed by atoms with Crippen molar-refractivity contribution in [1.82, 2.24) is 10.2 Å². The molecule has 1 aliphatic heterocycles. The lowest BCUT2D eigenvalue weighted by molar-refractivity contribution is -0.188. The third kappa shape index (κ3) is 3.75. The molecule has 0 amide bonds. The molecule has 0 bridgehead atoms. The molecule has 0 aromatic heterocycles. The van der Waals surface area contributed by atoms with Gasteiger partial charge in [-0.15, -0.1) is 12.4 Å². The summed E-state index contributed by atoms with van der Waals surface area (Å²) in [4.78, 5) is 1.21. The van der Waals surface area contributed by atoms with Gasteiger partial charge >= 0.3 is 6.18 Å². The van der Waals surface area contributed by atoms with E-state index in [-0.39, 0.29) is 30.5 Å². The van der Waals surface area contributed by atoms with Crippen LogP contribution in [0.1, 0.15) is 11.6 Å². The first-order valence-electron chi connectivity index (χ1n) is 5.86. The molecule has 1 N–H and O–H groups in total. The zero-order valence-electron chi connectivity index (χ0n) is 10.4. The molecule has 1 aromatic carbocycles. The Kier molecular flexibility index (Phi) is 6.06. The Labute approximate surface area is 125 Å². The quantitative estimate of drug-likeness (QED) is 0.835. The van der Waals surface area contributed by atoms with Crippen molar-refractivity contribution in [2.24, 2.45) is 0 Å². The fourth-order valence-electron chi connectivity index (χ4n) is 2.27. The van der Waals surface area contributed by atoms with Gasteiger partial charge in [0.05, 0.1) is 0 Å². The number of halogens is 6. The van der Waals surface area contributed by atoms with E-state index in [0.717, 1.165) is 6.07 Å². The Hall–Kier alpha value is -0.560. The fourth-order valence-corrected chi connectivity index (χ4v) is 2.53.